The van der Waals surface area contributed by atoms with E-state index in [4.69, 9.17) is 5.73 Å². The summed E-state index contributed by atoms with van der Waals surface area (Å²) in [5.74, 6) is -0.291. The average Bonchev–Trinajstić information content (AvgIpc) is 1.98. The van der Waals surface area contributed by atoms with Gasteiger partial charge in [0.15, 0.2) is 9.84 Å². The zero-order valence-corrected chi connectivity index (χ0v) is 9.88. The second kappa shape index (κ2) is 4.49. The van der Waals surface area contributed by atoms with Crippen molar-refractivity contribution in [3.63, 3.8) is 0 Å². The lowest BCUT2D eigenvalue weighted by molar-refractivity contribution is -0.124. The van der Waals surface area contributed by atoms with Gasteiger partial charge < -0.3 is 11.1 Å². The number of amides is 1. The molecule has 1 aliphatic rings. The van der Waals surface area contributed by atoms with Crippen LogP contribution in [0.5, 0.6) is 0 Å². The highest BCUT2D eigenvalue weighted by Gasteiger charge is 2.33. The lowest BCUT2D eigenvalue weighted by Gasteiger charge is -2.34. The summed E-state index contributed by atoms with van der Waals surface area (Å²) in [7, 11) is -2.97. The largest absolute Gasteiger partial charge is 0.369 e. The van der Waals surface area contributed by atoms with Gasteiger partial charge in [-0.15, -0.1) is 0 Å². The van der Waals surface area contributed by atoms with E-state index in [1.54, 1.807) is 6.92 Å². The van der Waals surface area contributed by atoms with Gasteiger partial charge in [0.2, 0.25) is 5.91 Å². The maximum atomic E-state index is 11.1. The van der Waals surface area contributed by atoms with Gasteiger partial charge in [-0.2, -0.15) is 0 Å². The number of nitrogens with one attached hydrogen (secondary N) is 1. The van der Waals surface area contributed by atoms with Gasteiger partial charge in [0.25, 0.3) is 0 Å². The Labute approximate surface area is 90.3 Å². The van der Waals surface area contributed by atoms with Gasteiger partial charge >= 0.3 is 0 Å². The summed E-state index contributed by atoms with van der Waals surface area (Å²) in [6.45, 7) is 2.11. The lowest BCUT2D eigenvalue weighted by Crippen LogP contribution is -2.48. The van der Waals surface area contributed by atoms with E-state index < -0.39 is 9.84 Å². The van der Waals surface area contributed by atoms with Crippen LogP contribution in [0.3, 0.4) is 0 Å². The molecule has 0 bridgehead atoms. The van der Waals surface area contributed by atoms with E-state index in [2.05, 4.69) is 5.32 Å². The predicted molar refractivity (Wildman–Crippen MR) is 58.0 cm³/mol. The Morgan fingerprint density at radius 3 is 2.47 bits per heavy atom. The molecular formula is C9H18N2O3S. The topological polar surface area (TPSA) is 89.3 Å². The van der Waals surface area contributed by atoms with Crippen LogP contribution in [0, 0.1) is 5.92 Å². The van der Waals surface area contributed by atoms with Crippen LogP contribution in [-0.4, -0.2) is 38.4 Å². The van der Waals surface area contributed by atoms with Crippen molar-refractivity contribution in [1.82, 2.24) is 5.32 Å². The predicted octanol–water partition coefficient (Wildman–Crippen LogP) is -0.727. The molecule has 1 saturated carbocycles. The van der Waals surface area contributed by atoms with Crippen molar-refractivity contribution in [2.45, 2.75) is 31.1 Å². The van der Waals surface area contributed by atoms with E-state index in [0.717, 1.165) is 12.8 Å². The smallest absolute Gasteiger partial charge is 0.220 e. The van der Waals surface area contributed by atoms with Crippen molar-refractivity contribution < 1.29 is 13.2 Å². The zero-order valence-electron chi connectivity index (χ0n) is 9.06. The fourth-order valence-corrected chi connectivity index (χ4v) is 1.90. The third kappa shape index (κ3) is 3.46. The highest BCUT2D eigenvalue weighted by Crippen LogP contribution is 2.26. The number of primary amides is 1. The summed E-state index contributed by atoms with van der Waals surface area (Å²) < 4.78 is 22.2. The number of hydrogen-bond acceptors (Lipinski definition) is 4. The molecular weight excluding hydrogens is 216 g/mol. The quantitative estimate of drug-likeness (QED) is 0.656. The third-order valence-corrected chi connectivity index (χ3v) is 4.59. The number of hydrogen-bond donors (Lipinski definition) is 2. The fraction of sp³-hybridized carbons (Fsp3) is 0.889. The Bertz CT molecular complexity index is 333. The van der Waals surface area contributed by atoms with Crippen LogP contribution in [0.15, 0.2) is 0 Å². The number of nitrogens with two attached hydrogens (primary N) is 1. The minimum Gasteiger partial charge on any atom is -0.369 e. The second-order valence-electron chi connectivity index (χ2n) is 4.32. The molecule has 5 nitrogen and oxygen atoms in total. The van der Waals surface area contributed by atoms with Gasteiger partial charge in [0.05, 0.1) is 5.25 Å². The van der Waals surface area contributed by atoms with Crippen molar-refractivity contribution in [2.75, 3.05) is 12.8 Å². The van der Waals surface area contributed by atoms with E-state index in [0.29, 0.717) is 6.54 Å². The van der Waals surface area contributed by atoms with E-state index in [-0.39, 0.29) is 23.1 Å². The number of carbonyl (C=O) groups is 1. The molecule has 1 atom stereocenters. The van der Waals surface area contributed by atoms with E-state index >= 15 is 0 Å². The molecule has 0 saturated heterocycles. The first-order valence-corrected chi connectivity index (χ1v) is 6.97. The number of sulfone groups is 1. The molecule has 15 heavy (non-hydrogen) atoms. The lowest BCUT2D eigenvalue weighted by atomic mass is 9.80. The first-order chi connectivity index (χ1) is 6.80. The summed E-state index contributed by atoms with van der Waals surface area (Å²) in [5.41, 5.74) is 5.12. The van der Waals surface area contributed by atoms with Gasteiger partial charge in [-0.25, -0.2) is 8.42 Å². The molecule has 6 heteroatoms. The Kier molecular flexibility index (Phi) is 3.72. The van der Waals surface area contributed by atoms with Crippen LogP contribution in [0.2, 0.25) is 0 Å². The minimum atomic E-state index is -2.97. The van der Waals surface area contributed by atoms with Crippen molar-refractivity contribution in [2.24, 2.45) is 11.7 Å². The van der Waals surface area contributed by atoms with Gasteiger partial charge in [-0.3, -0.25) is 4.79 Å². The van der Waals surface area contributed by atoms with Gasteiger partial charge in [0.1, 0.15) is 0 Å². The molecule has 0 aromatic heterocycles. The van der Waals surface area contributed by atoms with Crippen molar-refractivity contribution in [3.05, 3.63) is 0 Å². The molecule has 88 valence electrons. The maximum absolute atomic E-state index is 11.1. The van der Waals surface area contributed by atoms with Gasteiger partial charge in [0, 0.05) is 24.8 Å². The van der Waals surface area contributed by atoms with E-state index in [1.807, 2.05) is 0 Å². The van der Waals surface area contributed by atoms with Crippen LogP contribution in [0.25, 0.3) is 0 Å². The fourth-order valence-electron chi connectivity index (χ4n) is 1.50. The first-order valence-electron chi connectivity index (χ1n) is 5.02. The molecule has 1 unspecified atom stereocenters. The summed E-state index contributed by atoms with van der Waals surface area (Å²) in [4.78, 5) is 10.7. The molecule has 3 N–H and O–H groups in total. The van der Waals surface area contributed by atoms with Gasteiger partial charge in [-0.05, 0) is 19.8 Å². The van der Waals surface area contributed by atoms with Gasteiger partial charge in [-0.1, -0.05) is 0 Å². The molecule has 0 spiro atoms. The number of rotatable bonds is 5. The highest BCUT2D eigenvalue weighted by molar-refractivity contribution is 7.91. The third-order valence-electron chi connectivity index (χ3n) is 2.97. The molecule has 0 aliphatic heterocycles. The normalized spacial score (nSPS) is 28.1. The van der Waals surface area contributed by atoms with Crippen molar-refractivity contribution in [3.8, 4) is 0 Å². The van der Waals surface area contributed by atoms with E-state index in [1.165, 1.54) is 6.26 Å². The first kappa shape index (κ1) is 12.4. The summed E-state index contributed by atoms with van der Waals surface area (Å²) in [6, 6.07) is 0.242. The Morgan fingerprint density at radius 2 is 2.07 bits per heavy atom. The van der Waals surface area contributed by atoms with E-state index in [9.17, 15) is 13.2 Å². The van der Waals surface area contributed by atoms with Crippen LogP contribution in [-0.2, 0) is 14.6 Å². The Balaban J connectivity index is 2.22. The second-order valence-corrected chi connectivity index (χ2v) is 6.78. The van der Waals surface area contributed by atoms with Crippen molar-refractivity contribution >= 4 is 15.7 Å². The molecule has 1 amide bonds. The molecule has 1 aliphatic carbocycles. The van der Waals surface area contributed by atoms with Crippen LogP contribution < -0.4 is 11.1 Å². The molecule has 0 radical (unpaired) electrons. The average molecular weight is 234 g/mol. The zero-order chi connectivity index (χ0) is 11.6. The number of carbonyl (C=O) groups excluding carboxylic acids is 1. The monoisotopic (exact) mass is 234 g/mol. The van der Waals surface area contributed by atoms with Crippen LogP contribution in [0.4, 0.5) is 0 Å². The summed E-state index contributed by atoms with van der Waals surface area (Å²) >= 11 is 0. The standard InChI is InChI=1S/C9H18N2O3S/c1-6(15(2,13)14)5-11-8-3-7(4-8)9(10)12/h6-8,11H,3-5H2,1-2H3,(H2,10,12). The molecule has 1 fully saturated rings. The summed E-state index contributed by atoms with van der Waals surface area (Å²) in [6.07, 6.45) is 2.68. The maximum Gasteiger partial charge on any atom is 0.220 e. The Morgan fingerprint density at radius 1 is 1.53 bits per heavy atom. The van der Waals surface area contributed by atoms with Crippen molar-refractivity contribution in [1.29, 1.82) is 0 Å². The molecule has 0 aromatic rings. The van der Waals surface area contributed by atoms with Crippen LogP contribution >= 0.6 is 0 Å². The molecule has 0 heterocycles. The van der Waals surface area contributed by atoms with Crippen LogP contribution in [0.1, 0.15) is 19.8 Å². The highest BCUT2D eigenvalue weighted by atomic mass is 32.2. The summed E-state index contributed by atoms with van der Waals surface area (Å²) in [5, 5.41) is 2.74. The molecule has 1 rings (SSSR count). The minimum absolute atomic E-state index is 0.0314. The SMILES string of the molecule is CC(CNC1CC(C(N)=O)C1)S(C)(=O)=O. The molecule has 0 aromatic carbocycles. The Hall–Kier alpha value is -0.620.